The van der Waals surface area contributed by atoms with Gasteiger partial charge in [-0.15, -0.1) is 0 Å². The zero-order chi connectivity index (χ0) is 15.0. The molecule has 0 atom stereocenters. The Kier molecular flexibility index (Phi) is 6.93. The van der Waals surface area contributed by atoms with E-state index in [1.165, 1.54) is 17.1 Å². The Morgan fingerprint density at radius 3 is 2.45 bits per heavy atom. The summed E-state index contributed by atoms with van der Waals surface area (Å²) in [6, 6.07) is 0. The van der Waals surface area contributed by atoms with Crippen LogP contribution in [0.25, 0.3) is 0 Å². The molecule has 1 heterocycles. The summed E-state index contributed by atoms with van der Waals surface area (Å²) >= 11 is 0. The number of amides is 3. The third-order valence-corrected chi connectivity index (χ3v) is 3.30. The summed E-state index contributed by atoms with van der Waals surface area (Å²) in [6.45, 7) is 1.93. The molecule has 6 nitrogen and oxygen atoms in total. The molecule has 1 N–H and O–H groups in total. The average molecular weight is 281 g/mol. The molecule has 0 aromatic carbocycles. The van der Waals surface area contributed by atoms with Gasteiger partial charge >= 0.3 is 0 Å². The van der Waals surface area contributed by atoms with E-state index in [9.17, 15) is 14.4 Å². The minimum absolute atomic E-state index is 0.134. The molecule has 3 amide bonds. The fraction of sp³-hybridized carbons (Fsp3) is 0.643. The first-order chi connectivity index (χ1) is 9.56. The van der Waals surface area contributed by atoms with Crippen molar-refractivity contribution in [2.24, 2.45) is 0 Å². The highest BCUT2D eigenvalue weighted by molar-refractivity contribution is 6.12. The molecular formula is C14H23N3O3. The molecule has 0 saturated carbocycles. The average Bonchev–Trinajstić information content (AvgIpc) is 2.75. The Balaban J connectivity index is 2.09. The first-order valence-corrected chi connectivity index (χ1v) is 6.98. The number of likely N-dealkylation sites (N-methyl/N-ethyl adjacent to an activating group) is 2. The van der Waals surface area contributed by atoms with Gasteiger partial charge in [0.2, 0.25) is 5.91 Å². The molecule has 6 heteroatoms. The van der Waals surface area contributed by atoms with Crippen molar-refractivity contribution in [2.45, 2.75) is 25.7 Å². The van der Waals surface area contributed by atoms with Crippen LogP contribution in [0, 0.1) is 0 Å². The number of hydrogen-bond donors (Lipinski definition) is 1. The zero-order valence-corrected chi connectivity index (χ0v) is 12.2. The van der Waals surface area contributed by atoms with E-state index in [1.54, 1.807) is 11.9 Å². The quantitative estimate of drug-likeness (QED) is 0.482. The second-order valence-corrected chi connectivity index (χ2v) is 4.89. The molecule has 1 rings (SSSR count). The van der Waals surface area contributed by atoms with Crippen molar-refractivity contribution >= 4 is 17.7 Å². The Bertz CT molecular complexity index is 375. The largest absolute Gasteiger partial charge is 0.344 e. The lowest BCUT2D eigenvalue weighted by Gasteiger charge is -2.17. The van der Waals surface area contributed by atoms with Gasteiger partial charge in [0.05, 0.1) is 0 Å². The van der Waals surface area contributed by atoms with E-state index < -0.39 is 0 Å². The minimum atomic E-state index is -0.238. The van der Waals surface area contributed by atoms with E-state index in [0.29, 0.717) is 19.5 Å². The third kappa shape index (κ3) is 5.13. The van der Waals surface area contributed by atoms with E-state index >= 15 is 0 Å². The number of carbonyl (C=O) groups excluding carboxylic acids is 3. The van der Waals surface area contributed by atoms with Crippen LogP contribution in [0.3, 0.4) is 0 Å². The summed E-state index contributed by atoms with van der Waals surface area (Å²) in [7, 11) is 3.65. The number of nitrogens with zero attached hydrogens (tertiary/aromatic N) is 2. The molecule has 0 aromatic rings. The van der Waals surface area contributed by atoms with Crippen molar-refractivity contribution in [1.29, 1.82) is 0 Å². The van der Waals surface area contributed by atoms with Gasteiger partial charge in [0, 0.05) is 45.3 Å². The molecule has 0 radical (unpaired) electrons. The molecule has 0 unspecified atom stereocenters. The van der Waals surface area contributed by atoms with Gasteiger partial charge in [-0.3, -0.25) is 19.3 Å². The maximum absolute atomic E-state index is 11.7. The van der Waals surface area contributed by atoms with Gasteiger partial charge in [0.25, 0.3) is 11.8 Å². The number of rotatable bonds is 9. The summed E-state index contributed by atoms with van der Waals surface area (Å²) in [4.78, 5) is 37.3. The van der Waals surface area contributed by atoms with Gasteiger partial charge in [0.15, 0.2) is 0 Å². The molecule has 0 spiro atoms. The normalized spacial score (nSPS) is 14.2. The van der Waals surface area contributed by atoms with Gasteiger partial charge < -0.3 is 10.2 Å². The number of imide groups is 1. The molecule has 0 fully saturated rings. The highest BCUT2D eigenvalue weighted by atomic mass is 16.2. The molecule has 1 aliphatic heterocycles. The number of carbonyl (C=O) groups is 3. The van der Waals surface area contributed by atoms with Crippen molar-refractivity contribution in [3.8, 4) is 0 Å². The number of hydrogen-bond acceptors (Lipinski definition) is 4. The topological polar surface area (TPSA) is 69.7 Å². The van der Waals surface area contributed by atoms with Crippen LogP contribution in [0.15, 0.2) is 12.2 Å². The second-order valence-electron chi connectivity index (χ2n) is 4.89. The minimum Gasteiger partial charge on any atom is -0.344 e. The van der Waals surface area contributed by atoms with Crippen molar-refractivity contribution in [2.75, 3.05) is 33.7 Å². The van der Waals surface area contributed by atoms with E-state index in [1.807, 2.05) is 7.05 Å². The summed E-state index contributed by atoms with van der Waals surface area (Å²) in [5.74, 6) is -0.342. The molecule has 1 aliphatic rings. The Morgan fingerprint density at radius 1 is 1.20 bits per heavy atom. The van der Waals surface area contributed by atoms with Gasteiger partial charge in [-0.2, -0.15) is 0 Å². The van der Waals surface area contributed by atoms with Crippen molar-refractivity contribution in [3.05, 3.63) is 12.2 Å². The van der Waals surface area contributed by atoms with Crippen LogP contribution in [0.5, 0.6) is 0 Å². The standard InChI is InChI=1S/C14H23N3O3/c1-15-9-11-16(2)12(18)6-4-3-5-10-17-13(19)7-8-14(17)20/h7-8,15H,3-6,9-11H2,1-2H3. The predicted octanol–water partition coefficient (Wildman–Crippen LogP) is 0.150. The van der Waals surface area contributed by atoms with Gasteiger partial charge in [-0.05, 0) is 19.9 Å². The fourth-order valence-corrected chi connectivity index (χ4v) is 1.97. The lowest BCUT2D eigenvalue weighted by atomic mass is 10.1. The van der Waals surface area contributed by atoms with Crippen LogP contribution < -0.4 is 5.32 Å². The summed E-state index contributed by atoms with van der Waals surface area (Å²) < 4.78 is 0. The zero-order valence-electron chi connectivity index (χ0n) is 12.2. The molecule has 0 aliphatic carbocycles. The number of nitrogens with one attached hydrogen (secondary N) is 1. The molecule has 20 heavy (non-hydrogen) atoms. The van der Waals surface area contributed by atoms with Gasteiger partial charge in [0.1, 0.15) is 0 Å². The summed E-state index contributed by atoms with van der Waals surface area (Å²) in [5, 5.41) is 3.00. The van der Waals surface area contributed by atoms with Crippen LogP contribution in [0.1, 0.15) is 25.7 Å². The number of unbranched alkanes of at least 4 members (excludes halogenated alkanes) is 2. The molecule has 0 bridgehead atoms. The first-order valence-electron chi connectivity index (χ1n) is 6.98. The summed E-state index contributed by atoms with van der Waals surface area (Å²) in [5.41, 5.74) is 0. The highest BCUT2D eigenvalue weighted by Gasteiger charge is 2.22. The third-order valence-electron chi connectivity index (χ3n) is 3.30. The van der Waals surface area contributed by atoms with E-state index in [2.05, 4.69) is 5.32 Å². The lowest BCUT2D eigenvalue weighted by molar-refractivity contribution is -0.137. The monoisotopic (exact) mass is 281 g/mol. The maximum atomic E-state index is 11.7. The van der Waals surface area contributed by atoms with Crippen LogP contribution in [-0.2, 0) is 14.4 Å². The first kappa shape index (κ1) is 16.4. The molecule has 0 saturated heterocycles. The van der Waals surface area contributed by atoms with Crippen LogP contribution in [-0.4, -0.2) is 61.3 Å². The molecular weight excluding hydrogens is 258 g/mol. The second kappa shape index (κ2) is 8.47. The predicted molar refractivity (Wildman–Crippen MR) is 75.9 cm³/mol. The Labute approximate surface area is 119 Å². The summed E-state index contributed by atoms with van der Waals surface area (Å²) in [6.07, 6.45) is 5.47. The highest BCUT2D eigenvalue weighted by Crippen LogP contribution is 2.08. The fourth-order valence-electron chi connectivity index (χ4n) is 1.97. The lowest BCUT2D eigenvalue weighted by Crippen LogP contribution is -2.32. The maximum Gasteiger partial charge on any atom is 0.253 e. The Hall–Kier alpha value is -1.69. The molecule has 0 aromatic heterocycles. The van der Waals surface area contributed by atoms with Crippen molar-refractivity contribution < 1.29 is 14.4 Å². The van der Waals surface area contributed by atoms with Gasteiger partial charge in [-0.25, -0.2) is 0 Å². The smallest absolute Gasteiger partial charge is 0.253 e. The van der Waals surface area contributed by atoms with E-state index in [0.717, 1.165) is 25.8 Å². The van der Waals surface area contributed by atoms with Gasteiger partial charge in [-0.1, -0.05) is 6.42 Å². The SMILES string of the molecule is CNCCN(C)C(=O)CCCCCN1C(=O)C=CC1=O. The van der Waals surface area contributed by atoms with Crippen LogP contribution in [0.2, 0.25) is 0 Å². The van der Waals surface area contributed by atoms with E-state index in [4.69, 9.17) is 0 Å². The van der Waals surface area contributed by atoms with Crippen LogP contribution in [0.4, 0.5) is 0 Å². The van der Waals surface area contributed by atoms with Crippen molar-refractivity contribution in [3.63, 3.8) is 0 Å². The van der Waals surface area contributed by atoms with Crippen molar-refractivity contribution in [1.82, 2.24) is 15.1 Å². The Morgan fingerprint density at radius 2 is 1.85 bits per heavy atom. The molecule has 112 valence electrons. The van der Waals surface area contributed by atoms with Crippen LogP contribution >= 0.6 is 0 Å². The van der Waals surface area contributed by atoms with E-state index in [-0.39, 0.29) is 17.7 Å².